The van der Waals surface area contributed by atoms with Gasteiger partial charge in [-0.1, -0.05) is 41.8 Å². The van der Waals surface area contributed by atoms with Crippen LogP contribution in [0.5, 0.6) is 11.5 Å². The average Bonchev–Trinajstić information content (AvgIpc) is 2.87. The van der Waals surface area contributed by atoms with E-state index in [-0.39, 0.29) is 0 Å². The van der Waals surface area contributed by atoms with Crippen molar-refractivity contribution < 1.29 is 9.47 Å². The van der Waals surface area contributed by atoms with Crippen molar-refractivity contribution in [3.05, 3.63) is 23.8 Å². The molecular weight excluding hydrogens is 304 g/mol. The van der Waals surface area contributed by atoms with Crippen molar-refractivity contribution >= 4 is 15.9 Å². The first kappa shape index (κ1) is 14.7. The standard InChI is InChI=1S/C16H23BrO2/c1-16(8-4-5-9-16)15(17)11-12-6-7-13(18-2)14(10-12)19-3/h6-7,10,15H,4-5,8-9,11H2,1-3H3. The van der Waals surface area contributed by atoms with Crippen molar-refractivity contribution in [3.8, 4) is 11.5 Å². The first-order valence-corrected chi connectivity index (χ1v) is 7.85. The lowest BCUT2D eigenvalue weighted by molar-refractivity contribution is 0.325. The van der Waals surface area contributed by atoms with Crippen molar-refractivity contribution in [2.75, 3.05) is 14.2 Å². The van der Waals surface area contributed by atoms with Crippen molar-refractivity contribution in [2.24, 2.45) is 5.41 Å². The molecule has 1 aromatic rings. The van der Waals surface area contributed by atoms with Gasteiger partial charge in [-0.2, -0.15) is 0 Å². The Bertz CT molecular complexity index is 425. The van der Waals surface area contributed by atoms with E-state index in [0.717, 1.165) is 17.9 Å². The van der Waals surface area contributed by atoms with Crippen LogP contribution in [0.4, 0.5) is 0 Å². The van der Waals surface area contributed by atoms with E-state index in [1.807, 2.05) is 6.07 Å². The molecule has 1 aliphatic carbocycles. The number of rotatable bonds is 5. The van der Waals surface area contributed by atoms with Crippen molar-refractivity contribution in [2.45, 2.75) is 43.9 Å². The van der Waals surface area contributed by atoms with Crippen LogP contribution >= 0.6 is 15.9 Å². The molecule has 0 bridgehead atoms. The normalized spacial score (nSPS) is 19.2. The molecule has 0 N–H and O–H groups in total. The third kappa shape index (κ3) is 3.25. The Morgan fingerprint density at radius 2 is 1.79 bits per heavy atom. The molecule has 2 nitrogen and oxygen atoms in total. The molecule has 106 valence electrons. The van der Waals surface area contributed by atoms with Crippen LogP contribution < -0.4 is 9.47 Å². The van der Waals surface area contributed by atoms with Gasteiger partial charge in [0.2, 0.25) is 0 Å². The molecule has 1 saturated carbocycles. The minimum absolute atomic E-state index is 0.438. The summed E-state index contributed by atoms with van der Waals surface area (Å²) in [6, 6.07) is 6.21. The molecule has 2 rings (SSSR count). The summed E-state index contributed by atoms with van der Waals surface area (Å²) in [5.74, 6) is 1.61. The molecule has 0 radical (unpaired) electrons. The van der Waals surface area contributed by atoms with Crippen molar-refractivity contribution in [1.29, 1.82) is 0 Å². The Balaban J connectivity index is 2.10. The highest BCUT2D eigenvalue weighted by atomic mass is 79.9. The van der Waals surface area contributed by atoms with Crippen LogP contribution in [-0.4, -0.2) is 19.0 Å². The number of methoxy groups -OCH3 is 2. The maximum Gasteiger partial charge on any atom is 0.160 e. The van der Waals surface area contributed by atoms with Gasteiger partial charge < -0.3 is 9.47 Å². The van der Waals surface area contributed by atoms with Crippen LogP contribution in [0.3, 0.4) is 0 Å². The quantitative estimate of drug-likeness (QED) is 0.737. The molecule has 19 heavy (non-hydrogen) atoms. The number of alkyl halides is 1. The number of hydrogen-bond acceptors (Lipinski definition) is 2. The van der Waals surface area contributed by atoms with Gasteiger partial charge in [0.25, 0.3) is 0 Å². The Hall–Kier alpha value is -0.700. The third-order valence-electron chi connectivity index (χ3n) is 4.36. The summed E-state index contributed by atoms with van der Waals surface area (Å²) in [6.07, 6.45) is 6.43. The Kier molecular flexibility index (Phi) is 4.77. The van der Waals surface area contributed by atoms with Gasteiger partial charge in [0.05, 0.1) is 14.2 Å². The lowest BCUT2D eigenvalue weighted by atomic mass is 9.82. The molecule has 0 saturated heterocycles. The van der Waals surface area contributed by atoms with Crippen LogP contribution in [0.15, 0.2) is 18.2 Å². The fourth-order valence-electron chi connectivity index (χ4n) is 2.96. The van der Waals surface area contributed by atoms with E-state index in [4.69, 9.17) is 9.47 Å². The van der Waals surface area contributed by atoms with E-state index < -0.39 is 0 Å². The van der Waals surface area contributed by atoms with Crippen molar-refractivity contribution in [3.63, 3.8) is 0 Å². The van der Waals surface area contributed by atoms with Gasteiger partial charge in [-0.15, -0.1) is 0 Å². The molecule has 1 atom stereocenters. The lowest BCUT2D eigenvalue weighted by Gasteiger charge is -2.30. The zero-order valence-electron chi connectivity index (χ0n) is 12.0. The molecule has 1 aliphatic rings. The second kappa shape index (κ2) is 6.17. The number of benzene rings is 1. The van der Waals surface area contributed by atoms with Gasteiger partial charge in [-0.25, -0.2) is 0 Å². The maximum atomic E-state index is 5.37. The SMILES string of the molecule is COc1ccc(CC(Br)C2(C)CCCC2)cc1OC. The highest BCUT2D eigenvalue weighted by molar-refractivity contribution is 9.09. The van der Waals surface area contributed by atoms with Gasteiger partial charge >= 0.3 is 0 Å². The second-order valence-corrected chi connectivity index (χ2v) is 6.83. The Labute approximate surface area is 124 Å². The summed E-state index contributed by atoms with van der Waals surface area (Å²) in [5, 5.41) is 0. The minimum Gasteiger partial charge on any atom is -0.493 e. The largest absolute Gasteiger partial charge is 0.493 e. The molecule has 0 aliphatic heterocycles. The fourth-order valence-corrected chi connectivity index (χ4v) is 3.79. The summed E-state index contributed by atoms with van der Waals surface area (Å²) >= 11 is 3.91. The van der Waals surface area contributed by atoms with Gasteiger partial charge in [-0.3, -0.25) is 0 Å². The van der Waals surface area contributed by atoms with Crippen LogP contribution in [0, 0.1) is 5.41 Å². The van der Waals surface area contributed by atoms with Crippen molar-refractivity contribution in [1.82, 2.24) is 0 Å². The molecular formula is C16H23BrO2. The van der Waals surface area contributed by atoms with E-state index in [2.05, 4.69) is 35.0 Å². The molecule has 0 aromatic heterocycles. The number of ether oxygens (including phenoxy) is 2. The lowest BCUT2D eigenvalue weighted by Crippen LogP contribution is -2.26. The predicted molar refractivity (Wildman–Crippen MR) is 82.5 cm³/mol. The Morgan fingerprint density at radius 1 is 1.16 bits per heavy atom. The van der Waals surface area contributed by atoms with Crippen LogP contribution in [0.25, 0.3) is 0 Å². The number of halogens is 1. The maximum absolute atomic E-state index is 5.37. The van der Waals surface area contributed by atoms with E-state index in [1.165, 1.54) is 31.2 Å². The molecule has 1 fully saturated rings. The molecule has 0 amide bonds. The van der Waals surface area contributed by atoms with E-state index in [0.29, 0.717) is 10.2 Å². The first-order chi connectivity index (χ1) is 9.09. The third-order valence-corrected chi connectivity index (χ3v) is 5.79. The summed E-state index contributed by atoms with van der Waals surface area (Å²) in [4.78, 5) is 0.528. The van der Waals surface area contributed by atoms with E-state index >= 15 is 0 Å². The zero-order chi connectivity index (χ0) is 13.9. The van der Waals surface area contributed by atoms with Gasteiger partial charge in [0.1, 0.15) is 0 Å². The average molecular weight is 327 g/mol. The predicted octanol–water partition coefficient (Wildman–Crippen LogP) is 4.59. The van der Waals surface area contributed by atoms with Crippen LogP contribution in [0.1, 0.15) is 38.2 Å². The molecule has 1 aromatic carbocycles. The summed E-state index contributed by atoms with van der Waals surface area (Å²) < 4.78 is 10.6. The topological polar surface area (TPSA) is 18.5 Å². The second-order valence-electron chi connectivity index (χ2n) is 5.72. The smallest absolute Gasteiger partial charge is 0.160 e. The molecule has 0 spiro atoms. The molecule has 3 heteroatoms. The fraction of sp³-hybridized carbons (Fsp3) is 0.625. The van der Waals surface area contributed by atoms with Crippen LogP contribution in [0.2, 0.25) is 0 Å². The highest BCUT2D eigenvalue weighted by Crippen LogP contribution is 2.45. The van der Waals surface area contributed by atoms with Gasteiger partial charge in [0.15, 0.2) is 11.5 Å². The Morgan fingerprint density at radius 3 is 2.37 bits per heavy atom. The minimum atomic E-state index is 0.438. The summed E-state index contributed by atoms with van der Waals surface area (Å²) in [6.45, 7) is 2.40. The van der Waals surface area contributed by atoms with Gasteiger partial charge in [-0.05, 0) is 42.4 Å². The number of hydrogen-bond donors (Lipinski definition) is 0. The first-order valence-electron chi connectivity index (χ1n) is 6.94. The summed E-state index contributed by atoms with van der Waals surface area (Å²) in [5.41, 5.74) is 1.74. The molecule has 1 unspecified atom stereocenters. The van der Waals surface area contributed by atoms with Crippen LogP contribution in [-0.2, 0) is 6.42 Å². The highest BCUT2D eigenvalue weighted by Gasteiger charge is 2.35. The summed E-state index contributed by atoms with van der Waals surface area (Å²) in [7, 11) is 3.36. The zero-order valence-corrected chi connectivity index (χ0v) is 13.6. The van der Waals surface area contributed by atoms with E-state index in [9.17, 15) is 0 Å². The van der Waals surface area contributed by atoms with Gasteiger partial charge in [0, 0.05) is 4.83 Å². The molecule has 0 heterocycles. The monoisotopic (exact) mass is 326 g/mol. The van der Waals surface area contributed by atoms with E-state index in [1.54, 1.807) is 14.2 Å².